The van der Waals surface area contributed by atoms with Crippen molar-refractivity contribution in [2.45, 2.75) is 49.7 Å². The van der Waals surface area contributed by atoms with E-state index in [2.05, 4.69) is 5.32 Å². The van der Waals surface area contributed by atoms with E-state index in [1.54, 1.807) is 13.8 Å². The Morgan fingerprint density at radius 2 is 1.81 bits per heavy atom. The molecule has 3 rings (SSSR count). The predicted octanol–water partition coefficient (Wildman–Crippen LogP) is 2.19. The molecule has 0 spiro atoms. The quantitative estimate of drug-likeness (QED) is 0.585. The first kappa shape index (κ1) is 24.2. The predicted molar refractivity (Wildman–Crippen MR) is 120 cm³/mol. The van der Waals surface area contributed by atoms with Gasteiger partial charge in [-0.15, -0.1) is 11.8 Å². The minimum atomic E-state index is -1.50. The zero-order chi connectivity index (χ0) is 23.5. The number of halogens is 2. The number of nitrogens with one attached hydrogen (secondary N) is 1. The van der Waals surface area contributed by atoms with Gasteiger partial charge in [0.2, 0.25) is 5.91 Å². The monoisotopic (exact) mass is 463 g/mol. The topological polar surface area (TPSA) is 95.7 Å². The zero-order valence-electron chi connectivity index (χ0n) is 17.9. The minimum Gasteiger partial charge on any atom is -0.382 e. The van der Waals surface area contributed by atoms with Gasteiger partial charge in [-0.2, -0.15) is 0 Å². The molecule has 6 nitrogen and oxygen atoms in total. The van der Waals surface area contributed by atoms with Crippen LogP contribution in [0.25, 0.3) is 0 Å². The number of amides is 2. The van der Waals surface area contributed by atoms with Crippen molar-refractivity contribution in [2.24, 2.45) is 5.73 Å². The number of carbonyl (C=O) groups excluding carboxylic acids is 2. The fraction of sp³-hybridized carbons (Fsp3) is 0.391. The first-order chi connectivity index (χ1) is 15.1. The van der Waals surface area contributed by atoms with Crippen LogP contribution in [0.1, 0.15) is 25.0 Å². The summed E-state index contributed by atoms with van der Waals surface area (Å²) in [6.07, 6.45) is -1.20. The molecule has 0 saturated carbocycles. The van der Waals surface area contributed by atoms with Gasteiger partial charge in [-0.25, -0.2) is 8.78 Å². The molecule has 1 aliphatic heterocycles. The number of aliphatic hydroxyl groups excluding tert-OH is 1. The molecule has 1 saturated heterocycles. The summed E-state index contributed by atoms with van der Waals surface area (Å²) in [4.78, 5) is 27.3. The molecule has 2 amide bonds. The molecule has 1 fully saturated rings. The van der Waals surface area contributed by atoms with E-state index in [9.17, 15) is 23.5 Å². The second-order valence-corrected chi connectivity index (χ2v) is 9.90. The summed E-state index contributed by atoms with van der Waals surface area (Å²) in [6, 6.07) is 10.9. The van der Waals surface area contributed by atoms with Crippen LogP contribution in [-0.4, -0.2) is 50.6 Å². The standard InChI is InChI=1S/C23H27F2N3O3S/c1-23(2)20(21(30)27-12-15-16(24)9-6-10-17(15)25)28(13-32-23)22(31)19(29)18(26)11-14-7-4-3-5-8-14/h3-10,18-20,29H,11-13,26H2,1-2H3,(H,27,30). The van der Waals surface area contributed by atoms with Crippen molar-refractivity contribution in [3.05, 3.63) is 71.3 Å². The SMILES string of the molecule is CC1(C)SCN(C(=O)C(O)C(N)Cc2ccccc2)C1C(=O)NCc1c(F)cccc1F. The summed E-state index contributed by atoms with van der Waals surface area (Å²) in [5.74, 6) is -2.54. The summed E-state index contributed by atoms with van der Waals surface area (Å²) >= 11 is 1.38. The zero-order valence-corrected chi connectivity index (χ0v) is 18.7. The van der Waals surface area contributed by atoms with Crippen LogP contribution < -0.4 is 11.1 Å². The van der Waals surface area contributed by atoms with E-state index in [-0.39, 0.29) is 18.0 Å². The Morgan fingerprint density at radius 3 is 2.44 bits per heavy atom. The Balaban J connectivity index is 1.71. The number of carbonyl (C=O) groups is 2. The molecule has 3 unspecified atom stereocenters. The average Bonchev–Trinajstić information content (AvgIpc) is 3.07. The highest BCUT2D eigenvalue weighted by molar-refractivity contribution is 8.00. The Morgan fingerprint density at radius 1 is 1.19 bits per heavy atom. The maximum Gasteiger partial charge on any atom is 0.254 e. The molecule has 9 heteroatoms. The molecule has 0 aromatic heterocycles. The van der Waals surface area contributed by atoms with Gasteiger partial charge in [-0.05, 0) is 38.0 Å². The van der Waals surface area contributed by atoms with E-state index in [0.29, 0.717) is 6.42 Å². The van der Waals surface area contributed by atoms with E-state index in [0.717, 1.165) is 17.7 Å². The van der Waals surface area contributed by atoms with Crippen LogP contribution in [0.2, 0.25) is 0 Å². The third kappa shape index (κ3) is 5.28. The molecule has 0 radical (unpaired) electrons. The number of hydrogen-bond donors (Lipinski definition) is 3. The first-order valence-corrected chi connectivity index (χ1v) is 11.2. The van der Waals surface area contributed by atoms with E-state index >= 15 is 0 Å². The number of aliphatic hydroxyl groups is 1. The van der Waals surface area contributed by atoms with Crippen molar-refractivity contribution in [3.63, 3.8) is 0 Å². The fourth-order valence-electron chi connectivity index (χ4n) is 3.74. The lowest BCUT2D eigenvalue weighted by Crippen LogP contribution is -2.57. The number of nitrogens with two attached hydrogens (primary N) is 1. The van der Waals surface area contributed by atoms with Crippen molar-refractivity contribution in [1.82, 2.24) is 10.2 Å². The molecule has 1 heterocycles. The average molecular weight is 464 g/mol. The lowest BCUT2D eigenvalue weighted by atomic mass is 9.97. The molecule has 0 bridgehead atoms. The number of nitrogens with zero attached hydrogens (tertiary/aromatic N) is 1. The van der Waals surface area contributed by atoms with Crippen molar-refractivity contribution < 1.29 is 23.5 Å². The molecule has 4 N–H and O–H groups in total. The second kappa shape index (κ2) is 9.97. The van der Waals surface area contributed by atoms with Gasteiger partial charge in [-0.1, -0.05) is 36.4 Å². The van der Waals surface area contributed by atoms with Crippen molar-refractivity contribution in [2.75, 3.05) is 5.88 Å². The third-order valence-corrected chi connectivity index (χ3v) is 6.93. The van der Waals surface area contributed by atoms with Crippen LogP contribution in [0, 0.1) is 11.6 Å². The molecule has 32 heavy (non-hydrogen) atoms. The minimum absolute atomic E-state index is 0.188. The van der Waals surface area contributed by atoms with E-state index in [1.807, 2.05) is 30.3 Å². The van der Waals surface area contributed by atoms with Crippen LogP contribution in [0.4, 0.5) is 8.78 Å². The molecule has 3 atom stereocenters. The summed E-state index contributed by atoms with van der Waals surface area (Å²) < 4.78 is 27.1. The number of benzene rings is 2. The fourth-order valence-corrected chi connectivity index (χ4v) is 4.88. The number of hydrogen-bond acceptors (Lipinski definition) is 5. The summed E-state index contributed by atoms with van der Waals surface area (Å²) in [6.45, 7) is 3.25. The van der Waals surface area contributed by atoms with Crippen LogP contribution in [0.15, 0.2) is 48.5 Å². The van der Waals surface area contributed by atoms with Crippen molar-refractivity contribution in [3.8, 4) is 0 Å². The van der Waals surface area contributed by atoms with Gasteiger partial charge >= 0.3 is 0 Å². The summed E-state index contributed by atoms with van der Waals surface area (Å²) in [5.41, 5.74) is 6.71. The lowest BCUT2D eigenvalue weighted by Gasteiger charge is -2.32. The van der Waals surface area contributed by atoms with Gasteiger partial charge in [0.05, 0.1) is 5.88 Å². The van der Waals surface area contributed by atoms with Gasteiger partial charge in [-0.3, -0.25) is 9.59 Å². The van der Waals surface area contributed by atoms with Crippen LogP contribution >= 0.6 is 11.8 Å². The molecule has 1 aliphatic rings. The van der Waals surface area contributed by atoms with Gasteiger partial charge < -0.3 is 21.1 Å². The molecule has 2 aromatic rings. The molecule has 0 aliphatic carbocycles. The molecule has 172 valence electrons. The first-order valence-electron chi connectivity index (χ1n) is 10.2. The van der Waals surface area contributed by atoms with E-state index in [4.69, 9.17) is 5.73 Å². The maximum atomic E-state index is 13.9. The third-order valence-electron chi connectivity index (χ3n) is 5.55. The molecular formula is C23H27F2N3O3S. The smallest absolute Gasteiger partial charge is 0.254 e. The van der Waals surface area contributed by atoms with Crippen LogP contribution in [0.3, 0.4) is 0 Å². The number of rotatable bonds is 7. The normalized spacial score (nSPS) is 19.4. The Kier molecular flexibility index (Phi) is 7.53. The van der Waals surface area contributed by atoms with Crippen molar-refractivity contribution >= 4 is 23.6 Å². The largest absolute Gasteiger partial charge is 0.382 e. The van der Waals surface area contributed by atoms with Crippen LogP contribution in [0.5, 0.6) is 0 Å². The van der Waals surface area contributed by atoms with Crippen LogP contribution in [-0.2, 0) is 22.6 Å². The number of thioether (sulfide) groups is 1. The Hall–Kier alpha value is -2.49. The highest BCUT2D eigenvalue weighted by Gasteiger charge is 2.49. The summed E-state index contributed by atoms with van der Waals surface area (Å²) in [5, 5.41) is 13.1. The Bertz CT molecular complexity index is 954. The summed E-state index contributed by atoms with van der Waals surface area (Å²) in [7, 11) is 0. The molecular weight excluding hydrogens is 436 g/mol. The van der Waals surface area contributed by atoms with Gasteiger partial charge in [0, 0.05) is 22.9 Å². The van der Waals surface area contributed by atoms with Gasteiger partial charge in [0.1, 0.15) is 23.8 Å². The highest BCUT2D eigenvalue weighted by Crippen LogP contribution is 2.39. The van der Waals surface area contributed by atoms with Crippen molar-refractivity contribution in [1.29, 1.82) is 0 Å². The Labute approximate surface area is 190 Å². The van der Waals surface area contributed by atoms with E-state index < -0.39 is 46.4 Å². The molecule has 2 aromatic carbocycles. The highest BCUT2D eigenvalue weighted by atomic mass is 32.2. The lowest BCUT2D eigenvalue weighted by molar-refractivity contribution is -0.147. The maximum absolute atomic E-state index is 13.9. The van der Waals surface area contributed by atoms with Gasteiger partial charge in [0.15, 0.2) is 0 Å². The van der Waals surface area contributed by atoms with E-state index in [1.165, 1.54) is 22.7 Å². The second-order valence-electron chi connectivity index (χ2n) is 8.30. The van der Waals surface area contributed by atoms with Gasteiger partial charge in [0.25, 0.3) is 5.91 Å².